The number of benzene rings is 1. The second kappa shape index (κ2) is 6.09. The molecule has 0 radical (unpaired) electrons. The molecule has 3 N–H and O–H groups in total. The maximum absolute atomic E-state index is 13.0. The molecule has 17 heavy (non-hydrogen) atoms. The number of aliphatic hydroxyl groups excluding tert-OH is 1. The van der Waals surface area contributed by atoms with Crippen molar-refractivity contribution >= 4 is 21.9 Å². The van der Waals surface area contributed by atoms with Crippen LogP contribution in [0, 0.1) is 5.82 Å². The molecule has 0 aliphatic heterocycles. The molecule has 0 bridgehead atoms. The molecular formula is C11H13BrFNO3. The van der Waals surface area contributed by atoms with Gasteiger partial charge in [-0.2, -0.15) is 0 Å². The Bertz CT molecular complexity index is 414. The summed E-state index contributed by atoms with van der Waals surface area (Å²) in [5.74, 6) is -1.15. The Morgan fingerprint density at radius 1 is 1.65 bits per heavy atom. The number of ether oxygens (including phenoxy) is 1. The van der Waals surface area contributed by atoms with Gasteiger partial charge in [0.2, 0.25) is 0 Å². The van der Waals surface area contributed by atoms with Crippen LogP contribution in [-0.4, -0.2) is 23.7 Å². The van der Waals surface area contributed by atoms with Gasteiger partial charge in [-0.3, -0.25) is 4.79 Å². The summed E-state index contributed by atoms with van der Waals surface area (Å²) < 4.78 is 17.9. The predicted octanol–water partition coefficient (Wildman–Crippen LogP) is 1.51. The van der Waals surface area contributed by atoms with Crippen LogP contribution in [0.5, 0.6) is 0 Å². The van der Waals surface area contributed by atoms with Gasteiger partial charge in [0.25, 0.3) is 0 Å². The van der Waals surface area contributed by atoms with Crippen LogP contribution in [0.15, 0.2) is 22.7 Å². The first-order chi connectivity index (χ1) is 7.97. The zero-order valence-electron chi connectivity index (χ0n) is 9.19. The quantitative estimate of drug-likeness (QED) is 0.827. The maximum atomic E-state index is 13.0. The lowest BCUT2D eigenvalue weighted by Gasteiger charge is -2.17. The van der Waals surface area contributed by atoms with E-state index in [-0.39, 0.29) is 11.1 Å². The van der Waals surface area contributed by atoms with Gasteiger partial charge in [-0.1, -0.05) is 6.07 Å². The second-order valence-electron chi connectivity index (χ2n) is 3.40. The summed E-state index contributed by atoms with van der Waals surface area (Å²) in [7, 11) is 0. The zero-order valence-corrected chi connectivity index (χ0v) is 10.8. The number of nitrogens with two attached hydrogens (primary N) is 1. The van der Waals surface area contributed by atoms with Gasteiger partial charge in [0.1, 0.15) is 18.0 Å². The van der Waals surface area contributed by atoms with Gasteiger partial charge in [-0.15, -0.1) is 0 Å². The molecule has 0 heterocycles. The molecule has 94 valence electrons. The number of esters is 1. The molecule has 2 atom stereocenters. The van der Waals surface area contributed by atoms with E-state index in [0.29, 0.717) is 5.56 Å². The van der Waals surface area contributed by atoms with Crippen molar-refractivity contribution in [2.45, 2.75) is 19.1 Å². The van der Waals surface area contributed by atoms with Crippen molar-refractivity contribution in [2.75, 3.05) is 6.61 Å². The molecular weight excluding hydrogens is 293 g/mol. The third-order valence-electron chi connectivity index (χ3n) is 2.18. The summed E-state index contributed by atoms with van der Waals surface area (Å²) in [6.07, 6.45) is -1.23. The van der Waals surface area contributed by atoms with Gasteiger partial charge in [-0.05, 0) is 40.5 Å². The van der Waals surface area contributed by atoms with Crippen molar-refractivity contribution < 1.29 is 19.0 Å². The van der Waals surface area contributed by atoms with Gasteiger partial charge >= 0.3 is 5.97 Å². The van der Waals surface area contributed by atoms with E-state index in [1.807, 2.05) is 0 Å². The van der Waals surface area contributed by atoms with Gasteiger partial charge in [0.05, 0.1) is 11.1 Å². The Kier molecular flexibility index (Phi) is 5.04. The standard InChI is InChI=1S/C11H13BrFNO3/c1-2-17-11(16)9(14)10(15)6-3-4-8(13)7(12)5-6/h3-5,9-10,15H,2,14H2,1H3. The Morgan fingerprint density at radius 2 is 2.29 bits per heavy atom. The highest BCUT2D eigenvalue weighted by Crippen LogP contribution is 2.23. The van der Waals surface area contributed by atoms with E-state index in [0.717, 1.165) is 0 Å². The summed E-state index contributed by atoms with van der Waals surface area (Å²) in [4.78, 5) is 11.3. The third-order valence-corrected chi connectivity index (χ3v) is 2.79. The third kappa shape index (κ3) is 3.49. The summed E-state index contributed by atoms with van der Waals surface area (Å²) in [6.45, 7) is 1.83. The molecule has 0 saturated carbocycles. The molecule has 0 amide bonds. The van der Waals surface area contributed by atoms with Crippen LogP contribution >= 0.6 is 15.9 Å². The van der Waals surface area contributed by atoms with Gasteiger partial charge in [0.15, 0.2) is 0 Å². The lowest BCUT2D eigenvalue weighted by atomic mass is 10.0. The smallest absolute Gasteiger partial charge is 0.325 e. The van der Waals surface area contributed by atoms with E-state index in [1.165, 1.54) is 18.2 Å². The van der Waals surface area contributed by atoms with Crippen molar-refractivity contribution in [1.82, 2.24) is 0 Å². The number of hydrogen-bond acceptors (Lipinski definition) is 4. The highest BCUT2D eigenvalue weighted by molar-refractivity contribution is 9.10. The summed E-state index contributed by atoms with van der Waals surface area (Å²) in [6, 6.07) is 2.73. The Balaban J connectivity index is 2.84. The number of hydrogen-bond donors (Lipinski definition) is 2. The fourth-order valence-electron chi connectivity index (χ4n) is 1.27. The van der Waals surface area contributed by atoms with Crippen molar-refractivity contribution in [1.29, 1.82) is 0 Å². The van der Waals surface area contributed by atoms with Crippen LogP contribution in [0.4, 0.5) is 4.39 Å². The van der Waals surface area contributed by atoms with E-state index in [4.69, 9.17) is 10.5 Å². The van der Waals surface area contributed by atoms with Crippen molar-refractivity contribution in [2.24, 2.45) is 5.73 Å². The average molecular weight is 306 g/mol. The first-order valence-electron chi connectivity index (χ1n) is 5.02. The maximum Gasteiger partial charge on any atom is 0.325 e. The average Bonchev–Trinajstić information content (AvgIpc) is 2.31. The number of halogens is 2. The van der Waals surface area contributed by atoms with Crippen molar-refractivity contribution in [3.05, 3.63) is 34.1 Å². The van der Waals surface area contributed by atoms with Crippen LogP contribution in [0.1, 0.15) is 18.6 Å². The number of carbonyl (C=O) groups is 1. The number of aliphatic hydroxyl groups is 1. The molecule has 2 unspecified atom stereocenters. The summed E-state index contributed by atoms with van der Waals surface area (Å²) in [5, 5.41) is 9.83. The number of rotatable bonds is 4. The van der Waals surface area contributed by atoms with E-state index in [2.05, 4.69) is 15.9 Å². The zero-order chi connectivity index (χ0) is 13.0. The van der Waals surface area contributed by atoms with E-state index in [9.17, 15) is 14.3 Å². The fraction of sp³-hybridized carbons (Fsp3) is 0.364. The van der Waals surface area contributed by atoms with E-state index in [1.54, 1.807) is 6.92 Å². The van der Waals surface area contributed by atoms with Crippen LogP contribution in [-0.2, 0) is 9.53 Å². The Morgan fingerprint density at radius 3 is 2.82 bits per heavy atom. The predicted molar refractivity (Wildman–Crippen MR) is 63.7 cm³/mol. The minimum atomic E-state index is -1.23. The minimum absolute atomic E-state index is 0.187. The first-order valence-corrected chi connectivity index (χ1v) is 5.82. The van der Waals surface area contributed by atoms with Gasteiger partial charge < -0.3 is 15.6 Å². The molecule has 1 aromatic carbocycles. The second-order valence-corrected chi connectivity index (χ2v) is 4.25. The van der Waals surface area contributed by atoms with Gasteiger partial charge in [-0.25, -0.2) is 4.39 Å². The van der Waals surface area contributed by atoms with Crippen LogP contribution in [0.25, 0.3) is 0 Å². The Hall–Kier alpha value is -0.980. The summed E-state index contributed by atoms with van der Waals surface area (Å²) >= 11 is 2.99. The molecule has 0 aliphatic rings. The van der Waals surface area contributed by atoms with E-state index < -0.39 is 23.9 Å². The van der Waals surface area contributed by atoms with Crippen LogP contribution in [0.3, 0.4) is 0 Å². The lowest BCUT2D eigenvalue weighted by Crippen LogP contribution is -2.38. The molecule has 6 heteroatoms. The Labute approximate surface area is 107 Å². The molecule has 1 aromatic rings. The highest BCUT2D eigenvalue weighted by atomic mass is 79.9. The SMILES string of the molecule is CCOC(=O)C(N)C(O)c1ccc(F)c(Br)c1. The summed E-state index contributed by atoms with van der Waals surface area (Å²) in [5.41, 5.74) is 5.88. The largest absolute Gasteiger partial charge is 0.465 e. The molecule has 0 aromatic heterocycles. The minimum Gasteiger partial charge on any atom is -0.465 e. The molecule has 0 fully saturated rings. The molecule has 0 aliphatic carbocycles. The number of carbonyl (C=O) groups excluding carboxylic acids is 1. The lowest BCUT2D eigenvalue weighted by molar-refractivity contribution is -0.147. The van der Waals surface area contributed by atoms with Crippen molar-refractivity contribution in [3.8, 4) is 0 Å². The topological polar surface area (TPSA) is 72.5 Å². The monoisotopic (exact) mass is 305 g/mol. The normalized spacial score (nSPS) is 14.2. The molecule has 0 spiro atoms. The van der Waals surface area contributed by atoms with E-state index >= 15 is 0 Å². The first kappa shape index (κ1) is 14.1. The molecule has 1 rings (SSSR count). The highest BCUT2D eigenvalue weighted by Gasteiger charge is 2.25. The fourth-order valence-corrected chi connectivity index (χ4v) is 1.67. The van der Waals surface area contributed by atoms with Gasteiger partial charge in [0, 0.05) is 0 Å². The van der Waals surface area contributed by atoms with Crippen LogP contribution in [0.2, 0.25) is 0 Å². The molecule has 4 nitrogen and oxygen atoms in total. The van der Waals surface area contributed by atoms with Crippen molar-refractivity contribution in [3.63, 3.8) is 0 Å². The van der Waals surface area contributed by atoms with Crippen LogP contribution < -0.4 is 5.73 Å². The molecule has 0 saturated heterocycles.